The van der Waals surface area contributed by atoms with Crippen LogP contribution in [0.25, 0.3) is 0 Å². The molecule has 1 aromatic rings. The van der Waals surface area contributed by atoms with Gasteiger partial charge in [0.15, 0.2) is 0 Å². The van der Waals surface area contributed by atoms with Crippen molar-refractivity contribution < 1.29 is 19.4 Å². The molecule has 1 heterocycles. The maximum atomic E-state index is 11.8. The van der Waals surface area contributed by atoms with Crippen molar-refractivity contribution in [2.45, 2.75) is 12.8 Å². The average molecular weight is 336 g/mol. The first-order valence-corrected chi connectivity index (χ1v) is 6.94. The zero-order valence-electron chi connectivity index (χ0n) is 9.81. The van der Waals surface area contributed by atoms with Gasteiger partial charge in [-0.25, -0.2) is 4.79 Å². The minimum Gasteiger partial charge on any atom is -0.480 e. The molecule has 18 heavy (non-hydrogen) atoms. The summed E-state index contributed by atoms with van der Waals surface area (Å²) < 4.78 is 5.80. The largest absolute Gasteiger partial charge is 0.480 e. The Bertz CT molecular complexity index is 421. The van der Waals surface area contributed by atoms with Gasteiger partial charge in [-0.2, -0.15) is 0 Å². The van der Waals surface area contributed by atoms with Crippen molar-refractivity contribution in [1.29, 1.82) is 0 Å². The van der Waals surface area contributed by atoms with Crippen LogP contribution in [0.5, 0.6) is 0 Å². The number of hydrogen-bond donors (Lipinski definition) is 2. The molecule has 0 saturated heterocycles. The van der Waals surface area contributed by atoms with Crippen LogP contribution in [0.15, 0.2) is 15.9 Å². The summed E-state index contributed by atoms with van der Waals surface area (Å²) in [6.07, 6.45) is 0. The average Bonchev–Trinajstić information content (AvgIpc) is 2.73. The van der Waals surface area contributed by atoms with Crippen LogP contribution in [0.3, 0.4) is 0 Å². The Balaban J connectivity index is 2.26. The van der Waals surface area contributed by atoms with Gasteiger partial charge < -0.3 is 15.2 Å². The molecular formula is C11H14BrNO4S. The Morgan fingerprint density at radius 1 is 1.56 bits per heavy atom. The number of ether oxygens (including phenoxy) is 1. The van der Waals surface area contributed by atoms with Crippen LogP contribution in [0.1, 0.15) is 17.7 Å². The van der Waals surface area contributed by atoms with Crippen LogP contribution in [-0.2, 0) is 14.3 Å². The summed E-state index contributed by atoms with van der Waals surface area (Å²) >= 11 is 4.87. The molecule has 1 unspecified atom stereocenters. The van der Waals surface area contributed by atoms with E-state index in [0.717, 1.165) is 8.66 Å². The van der Waals surface area contributed by atoms with Crippen molar-refractivity contribution in [3.05, 3.63) is 20.8 Å². The number of carboxylic acid groups (broad SMARTS) is 1. The highest BCUT2D eigenvalue weighted by atomic mass is 79.9. The Morgan fingerprint density at radius 3 is 2.83 bits per heavy atom. The van der Waals surface area contributed by atoms with Crippen LogP contribution >= 0.6 is 27.3 Å². The van der Waals surface area contributed by atoms with Gasteiger partial charge in [0.1, 0.15) is 6.61 Å². The standard InChI is InChI=1S/C11H14BrNO4S/c1-7(8-2-3-9(12)18-8)11(16)13-4-5-17-6-10(14)15/h2-3,7H,4-6H2,1H3,(H,13,16)(H,14,15). The molecule has 0 aliphatic carbocycles. The van der Waals surface area contributed by atoms with Gasteiger partial charge in [0.25, 0.3) is 0 Å². The Morgan fingerprint density at radius 2 is 2.28 bits per heavy atom. The molecule has 7 heteroatoms. The van der Waals surface area contributed by atoms with E-state index >= 15 is 0 Å². The zero-order chi connectivity index (χ0) is 13.5. The number of carbonyl (C=O) groups is 2. The monoisotopic (exact) mass is 335 g/mol. The lowest BCUT2D eigenvalue weighted by molar-refractivity contribution is -0.142. The van der Waals surface area contributed by atoms with Gasteiger partial charge in [-0.3, -0.25) is 4.79 Å². The molecular weight excluding hydrogens is 322 g/mol. The fourth-order valence-corrected chi connectivity index (χ4v) is 2.72. The summed E-state index contributed by atoms with van der Waals surface area (Å²) in [5, 5.41) is 11.0. The van der Waals surface area contributed by atoms with Crippen molar-refractivity contribution in [2.75, 3.05) is 19.8 Å². The minimum absolute atomic E-state index is 0.0942. The molecule has 0 fully saturated rings. The molecule has 1 amide bonds. The molecule has 0 aliphatic rings. The Hall–Kier alpha value is -0.920. The number of aliphatic carboxylic acids is 1. The van der Waals surface area contributed by atoms with E-state index in [2.05, 4.69) is 21.2 Å². The summed E-state index contributed by atoms with van der Waals surface area (Å²) in [6, 6.07) is 3.81. The van der Waals surface area contributed by atoms with Gasteiger partial charge in [-0.1, -0.05) is 0 Å². The van der Waals surface area contributed by atoms with E-state index in [0.29, 0.717) is 6.54 Å². The summed E-state index contributed by atoms with van der Waals surface area (Å²) in [5.74, 6) is -1.33. The fourth-order valence-electron chi connectivity index (χ4n) is 1.25. The van der Waals surface area contributed by atoms with Crippen molar-refractivity contribution in [3.8, 4) is 0 Å². The third kappa shape index (κ3) is 5.16. The van der Waals surface area contributed by atoms with Crippen LogP contribution in [0.4, 0.5) is 0 Å². The topological polar surface area (TPSA) is 75.6 Å². The number of carbonyl (C=O) groups excluding carboxylic acids is 1. The van der Waals surface area contributed by atoms with E-state index in [4.69, 9.17) is 9.84 Å². The van der Waals surface area contributed by atoms with Crippen molar-refractivity contribution in [1.82, 2.24) is 5.32 Å². The minimum atomic E-state index is -1.02. The first-order valence-electron chi connectivity index (χ1n) is 5.33. The van der Waals surface area contributed by atoms with E-state index < -0.39 is 5.97 Å². The maximum absolute atomic E-state index is 11.8. The van der Waals surface area contributed by atoms with Crippen molar-refractivity contribution in [3.63, 3.8) is 0 Å². The molecule has 2 N–H and O–H groups in total. The SMILES string of the molecule is CC(C(=O)NCCOCC(=O)O)c1ccc(Br)s1. The lowest BCUT2D eigenvalue weighted by Crippen LogP contribution is -2.31. The third-order valence-electron chi connectivity index (χ3n) is 2.19. The Kier molecular flexibility index (Phi) is 6.31. The molecule has 1 rings (SSSR count). The summed E-state index contributed by atoms with van der Waals surface area (Å²) in [7, 11) is 0. The normalized spacial score (nSPS) is 12.1. The summed E-state index contributed by atoms with van der Waals surface area (Å²) in [4.78, 5) is 22.9. The highest BCUT2D eigenvalue weighted by Crippen LogP contribution is 2.28. The van der Waals surface area contributed by atoms with Gasteiger partial charge in [-0.05, 0) is 35.0 Å². The number of nitrogens with one attached hydrogen (secondary N) is 1. The fraction of sp³-hybridized carbons (Fsp3) is 0.455. The van der Waals surface area contributed by atoms with Gasteiger partial charge in [0, 0.05) is 11.4 Å². The molecule has 0 radical (unpaired) electrons. The van der Waals surface area contributed by atoms with Crippen LogP contribution in [-0.4, -0.2) is 36.7 Å². The van der Waals surface area contributed by atoms with E-state index in [1.807, 2.05) is 19.1 Å². The van der Waals surface area contributed by atoms with Crippen LogP contribution in [0, 0.1) is 0 Å². The van der Waals surface area contributed by atoms with E-state index in [9.17, 15) is 9.59 Å². The van der Waals surface area contributed by atoms with Crippen LogP contribution < -0.4 is 5.32 Å². The molecule has 0 aromatic carbocycles. The quantitative estimate of drug-likeness (QED) is 0.745. The van der Waals surface area contributed by atoms with E-state index in [-0.39, 0.29) is 25.0 Å². The second-order valence-corrected chi connectivity index (χ2v) is 6.10. The van der Waals surface area contributed by atoms with Gasteiger partial charge in [0.2, 0.25) is 5.91 Å². The third-order valence-corrected chi connectivity index (χ3v) is 3.99. The second-order valence-electron chi connectivity index (χ2n) is 3.60. The molecule has 1 atom stereocenters. The number of hydrogen-bond acceptors (Lipinski definition) is 4. The molecule has 0 spiro atoms. The highest BCUT2D eigenvalue weighted by Gasteiger charge is 2.16. The molecule has 0 aliphatic heterocycles. The lowest BCUT2D eigenvalue weighted by Gasteiger charge is -2.10. The van der Waals surface area contributed by atoms with Gasteiger partial charge >= 0.3 is 5.97 Å². The molecule has 5 nitrogen and oxygen atoms in total. The summed E-state index contributed by atoms with van der Waals surface area (Å²) in [5.41, 5.74) is 0. The number of thiophene rings is 1. The number of halogens is 1. The molecule has 0 bridgehead atoms. The second kappa shape index (κ2) is 7.50. The maximum Gasteiger partial charge on any atom is 0.329 e. The van der Waals surface area contributed by atoms with Crippen molar-refractivity contribution in [2.24, 2.45) is 0 Å². The molecule has 100 valence electrons. The van der Waals surface area contributed by atoms with E-state index in [1.165, 1.54) is 11.3 Å². The van der Waals surface area contributed by atoms with Crippen molar-refractivity contribution >= 4 is 39.1 Å². The highest BCUT2D eigenvalue weighted by molar-refractivity contribution is 9.11. The smallest absolute Gasteiger partial charge is 0.329 e. The Labute approximate surface area is 117 Å². The summed E-state index contributed by atoms with van der Waals surface area (Å²) in [6.45, 7) is 1.98. The van der Waals surface area contributed by atoms with Gasteiger partial charge in [0.05, 0.1) is 16.3 Å². The molecule has 1 aromatic heterocycles. The predicted octanol–water partition coefficient (Wildman–Crippen LogP) is 1.83. The number of carboxylic acids is 1. The van der Waals surface area contributed by atoms with Gasteiger partial charge in [-0.15, -0.1) is 11.3 Å². The van der Waals surface area contributed by atoms with E-state index in [1.54, 1.807) is 0 Å². The first kappa shape index (κ1) is 15.1. The van der Waals surface area contributed by atoms with Crippen LogP contribution in [0.2, 0.25) is 0 Å². The first-order chi connectivity index (χ1) is 8.50. The number of amides is 1. The lowest BCUT2D eigenvalue weighted by atomic mass is 10.1. The predicted molar refractivity (Wildman–Crippen MR) is 71.9 cm³/mol. The number of rotatable bonds is 7. The zero-order valence-corrected chi connectivity index (χ0v) is 12.2. The molecule has 0 saturated carbocycles.